The van der Waals surface area contributed by atoms with Crippen molar-refractivity contribution in [3.8, 4) is 0 Å². The number of benzene rings is 1. The van der Waals surface area contributed by atoms with E-state index < -0.39 is 10.0 Å². The standard InChI is InChI=1S/C14H24N2O3S2/c1-3-16(8-9-19-4-2)21(17,18)11-10-20-14-7-5-6-13(15)12-14/h5-7,12H,3-4,8-11,15H2,1-2H3. The summed E-state index contributed by atoms with van der Waals surface area (Å²) in [5, 5.41) is 0. The summed E-state index contributed by atoms with van der Waals surface area (Å²) in [6, 6.07) is 7.46. The lowest BCUT2D eigenvalue weighted by Crippen LogP contribution is -2.36. The van der Waals surface area contributed by atoms with Gasteiger partial charge in [-0.25, -0.2) is 8.42 Å². The van der Waals surface area contributed by atoms with Crippen molar-refractivity contribution in [3.63, 3.8) is 0 Å². The Labute approximate surface area is 131 Å². The van der Waals surface area contributed by atoms with Gasteiger partial charge in [0.25, 0.3) is 0 Å². The van der Waals surface area contributed by atoms with Crippen molar-refractivity contribution in [3.05, 3.63) is 24.3 Å². The van der Waals surface area contributed by atoms with E-state index in [1.54, 1.807) is 0 Å². The van der Waals surface area contributed by atoms with Gasteiger partial charge in [-0.2, -0.15) is 4.31 Å². The highest BCUT2D eigenvalue weighted by molar-refractivity contribution is 8.00. The maximum Gasteiger partial charge on any atom is 0.214 e. The van der Waals surface area contributed by atoms with Crippen LogP contribution in [-0.4, -0.2) is 50.5 Å². The zero-order chi connectivity index (χ0) is 15.7. The van der Waals surface area contributed by atoms with Crippen LogP contribution in [0.1, 0.15) is 13.8 Å². The molecule has 0 spiro atoms. The molecule has 1 rings (SSSR count). The first-order valence-corrected chi connectivity index (χ1v) is 9.63. The molecule has 2 N–H and O–H groups in total. The Bertz CT molecular complexity index is 521. The topological polar surface area (TPSA) is 72.6 Å². The molecule has 0 saturated carbocycles. The fourth-order valence-corrected chi connectivity index (χ4v) is 4.61. The smallest absolute Gasteiger partial charge is 0.214 e. The summed E-state index contributed by atoms with van der Waals surface area (Å²) >= 11 is 1.50. The summed E-state index contributed by atoms with van der Waals surface area (Å²) in [4.78, 5) is 0.988. The number of ether oxygens (including phenoxy) is 1. The van der Waals surface area contributed by atoms with Crippen LogP contribution >= 0.6 is 11.8 Å². The fraction of sp³-hybridized carbons (Fsp3) is 0.571. The van der Waals surface area contributed by atoms with E-state index in [1.165, 1.54) is 16.1 Å². The average molecular weight is 332 g/mol. The number of thioether (sulfide) groups is 1. The van der Waals surface area contributed by atoms with Gasteiger partial charge in [0.2, 0.25) is 10.0 Å². The van der Waals surface area contributed by atoms with Crippen LogP contribution < -0.4 is 5.73 Å². The molecular formula is C14H24N2O3S2. The van der Waals surface area contributed by atoms with E-state index in [2.05, 4.69) is 0 Å². The summed E-state index contributed by atoms with van der Waals surface area (Å²) in [6.45, 7) is 5.66. The molecule has 0 saturated heterocycles. The summed E-state index contributed by atoms with van der Waals surface area (Å²) in [5.74, 6) is 0.628. The Kier molecular flexibility index (Phi) is 8.10. The van der Waals surface area contributed by atoms with Gasteiger partial charge in [-0.05, 0) is 25.1 Å². The van der Waals surface area contributed by atoms with Gasteiger partial charge >= 0.3 is 0 Å². The van der Waals surface area contributed by atoms with Crippen molar-refractivity contribution >= 4 is 27.5 Å². The lowest BCUT2D eigenvalue weighted by atomic mass is 10.3. The summed E-state index contributed by atoms with van der Waals surface area (Å²) in [7, 11) is -3.23. The van der Waals surface area contributed by atoms with Gasteiger partial charge < -0.3 is 10.5 Å². The number of hydrogen-bond donors (Lipinski definition) is 1. The monoisotopic (exact) mass is 332 g/mol. The van der Waals surface area contributed by atoms with Crippen LogP contribution in [0.15, 0.2) is 29.2 Å². The predicted molar refractivity (Wildman–Crippen MR) is 89.1 cm³/mol. The van der Waals surface area contributed by atoms with Crippen LogP contribution in [0.3, 0.4) is 0 Å². The Morgan fingerprint density at radius 3 is 2.71 bits per heavy atom. The van der Waals surface area contributed by atoms with Gasteiger partial charge in [0.1, 0.15) is 0 Å². The molecule has 1 aromatic rings. The van der Waals surface area contributed by atoms with Crippen molar-refractivity contribution < 1.29 is 13.2 Å². The second-order valence-electron chi connectivity index (χ2n) is 4.43. The van der Waals surface area contributed by atoms with Crippen LogP contribution in [-0.2, 0) is 14.8 Å². The minimum absolute atomic E-state index is 0.117. The predicted octanol–water partition coefficient (Wildman–Crippen LogP) is 2.05. The van der Waals surface area contributed by atoms with Crippen molar-refractivity contribution in [1.29, 1.82) is 0 Å². The molecule has 0 amide bonds. The zero-order valence-electron chi connectivity index (χ0n) is 12.6. The first-order chi connectivity index (χ1) is 9.99. The highest BCUT2D eigenvalue weighted by atomic mass is 32.2. The molecule has 120 valence electrons. The van der Waals surface area contributed by atoms with E-state index >= 15 is 0 Å². The number of nitrogen functional groups attached to an aromatic ring is 1. The van der Waals surface area contributed by atoms with Crippen LogP contribution in [0.2, 0.25) is 0 Å². The number of hydrogen-bond acceptors (Lipinski definition) is 5. The third kappa shape index (κ3) is 6.69. The van der Waals surface area contributed by atoms with Gasteiger partial charge in [-0.1, -0.05) is 13.0 Å². The van der Waals surface area contributed by atoms with Crippen molar-refractivity contribution in [2.75, 3.05) is 43.5 Å². The first-order valence-electron chi connectivity index (χ1n) is 7.03. The van der Waals surface area contributed by atoms with Crippen molar-refractivity contribution in [1.82, 2.24) is 4.31 Å². The maximum atomic E-state index is 12.2. The highest BCUT2D eigenvalue weighted by Gasteiger charge is 2.19. The molecule has 5 nitrogen and oxygen atoms in total. The molecule has 0 bridgehead atoms. The second kappa shape index (κ2) is 9.30. The van der Waals surface area contributed by atoms with Gasteiger partial charge in [-0.15, -0.1) is 11.8 Å². The first kappa shape index (κ1) is 18.3. The molecule has 0 radical (unpaired) electrons. The highest BCUT2D eigenvalue weighted by Crippen LogP contribution is 2.20. The molecule has 0 aliphatic heterocycles. The number of nitrogens with two attached hydrogens (primary N) is 1. The molecule has 0 atom stereocenters. The Morgan fingerprint density at radius 2 is 2.10 bits per heavy atom. The van der Waals surface area contributed by atoms with E-state index in [4.69, 9.17) is 10.5 Å². The van der Waals surface area contributed by atoms with Gasteiger partial charge in [0.15, 0.2) is 0 Å². The van der Waals surface area contributed by atoms with Crippen molar-refractivity contribution in [2.45, 2.75) is 18.7 Å². The number of rotatable bonds is 10. The third-order valence-electron chi connectivity index (χ3n) is 2.90. The average Bonchev–Trinajstić information content (AvgIpc) is 2.43. The minimum Gasteiger partial charge on any atom is -0.399 e. The van der Waals surface area contributed by atoms with Gasteiger partial charge in [-0.3, -0.25) is 0 Å². The van der Waals surface area contributed by atoms with Gasteiger partial charge in [0, 0.05) is 36.0 Å². The molecule has 21 heavy (non-hydrogen) atoms. The molecule has 7 heteroatoms. The zero-order valence-corrected chi connectivity index (χ0v) is 14.3. The normalized spacial score (nSPS) is 12.0. The quantitative estimate of drug-likeness (QED) is 0.403. The van der Waals surface area contributed by atoms with Crippen LogP contribution in [0.25, 0.3) is 0 Å². The summed E-state index contributed by atoms with van der Waals surface area (Å²) < 4.78 is 31.2. The largest absolute Gasteiger partial charge is 0.399 e. The lowest BCUT2D eigenvalue weighted by Gasteiger charge is -2.20. The Morgan fingerprint density at radius 1 is 1.33 bits per heavy atom. The SMILES string of the molecule is CCOCCN(CC)S(=O)(=O)CCSc1cccc(N)c1. The third-order valence-corrected chi connectivity index (χ3v) is 6.10. The molecule has 0 aliphatic rings. The second-order valence-corrected chi connectivity index (χ2v) is 7.68. The van der Waals surface area contributed by atoms with Crippen LogP contribution in [0, 0.1) is 0 Å². The number of anilines is 1. The molecule has 0 unspecified atom stereocenters. The number of nitrogens with zero attached hydrogens (tertiary/aromatic N) is 1. The lowest BCUT2D eigenvalue weighted by molar-refractivity contribution is 0.135. The number of sulfonamides is 1. The molecule has 0 aromatic heterocycles. The molecule has 0 aliphatic carbocycles. The van der Waals surface area contributed by atoms with Crippen molar-refractivity contribution in [2.24, 2.45) is 0 Å². The fourth-order valence-electron chi connectivity index (χ4n) is 1.80. The number of likely N-dealkylation sites (N-methyl/N-ethyl adjacent to an activating group) is 1. The van der Waals surface area contributed by atoms with E-state index in [0.717, 1.165) is 4.90 Å². The Balaban J connectivity index is 2.47. The van der Waals surface area contributed by atoms with Gasteiger partial charge in [0.05, 0.1) is 12.4 Å². The summed E-state index contributed by atoms with van der Waals surface area (Å²) in [6.07, 6.45) is 0. The molecule has 1 aromatic carbocycles. The minimum atomic E-state index is -3.23. The van der Waals surface area contributed by atoms with E-state index in [1.807, 2.05) is 38.1 Å². The molecule has 0 fully saturated rings. The van der Waals surface area contributed by atoms with Crippen LogP contribution in [0.5, 0.6) is 0 Å². The summed E-state index contributed by atoms with van der Waals surface area (Å²) in [5.41, 5.74) is 6.39. The van der Waals surface area contributed by atoms with E-state index in [-0.39, 0.29) is 5.75 Å². The van der Waals surface area contributed by atoms with Crippen LogP contribution in [0.4, 0.5) is 5.69 Å². The molecular weight excluding hydrogens is 308 g/mol. The molecule has 0 heterocycles. The maximum absolute atomic E-state index is 12.2. The van der Waals surface area contributed by atoms with E-state index in [0.29, 0.717) is 37.7 Å². The Hall–Kier alpha value is -0.760. The van der Waals surface area contributed by atoms with E-state index in [9.17, 15) is 8.42 Å².